The number of hydrogen-bond acceptors (Lipinski definition) is 2. The van der Waals surface area contributed by atoms with E-state index in [9.17, 15) is 9.18 Å². The number of hydrogen-bond donors (Lipinski definition) is 0. The topological polar surface area (TPSA) is 33.2 Å². The standard InChI is InChI=1S/C10H11FN2O/c1-13-8(4-5-9(13)14)7-3-2-6-12-10(7)11/h2-3,6,8H,4-5H2,1H3/t8-/m0/s1. The van der Waals surface area contributed by atoms with E-state index in [0.717, 1.165) is 0 Å². The highest BCUT2D eigenvalue weighted by Crippen LogP contribution is 2.31. The molecule has 1 aliphatic heterocycles. The molecule has 0 spiro atoms. The first-order valence-corrected chi connectivity index (χ1v) is 4.56. The smallest absolute Gasteiger partial charge is 0.222 e. The summed E-state index contributed by atoms with van der Waals surface area (Å²) < 4.78 is 13.3. The monoisotopic (exact) mass is 194 g/mol. The lowest BCUT2D eigenvalue weighted by Gasteiger charge is -2.19. The van der Waals surface area contributed by atoms with E-state index in [1.165, 1.54) is 6.20 Å². The van der Waals surface area contributed by atoms with Crippen molar-refractivity contribution >= 4 is 5.91 Å². The van der Waals surface area contributed by atoms with E-state index in [0.29, 0.717) is 18.4 Å². The summed E-state index contributed by atoms with van der Waals surface area (Å²) >= 11 is 0. The Morgan fingerprint density at radius 1 is 1.64 bits per heavy atom. The summed E-state index contributed by atoms with van der Waals surface area (Å²) in [5.74, 6) is -0.405. The molecule has 1 amide bonds. The Morgan fingerprint density at radius 3 is 3.00 bits per heavy atom. The average Bonchev–Trinajstić information content (AvgIpc) is 2.49. The molecule has 3 nitrogen and oxygen atoms in total. The highest BCUT2D eigenvalue weighted by molar-refractivity contribution is 5.78. The number of nitrogens with zero attached hydrogens (tertiary/aromatic N) is 2. The number of rotatable bonds is 1. The second kappa shape index (κ2) is 3.36. The molecule has 0 unspecified atom stereocenters. The summed E-state index contributed by atoms with van der Waals surface area (Å²) in [6.07, 6.45) is 2.59. The maximum absolute atomic E-state index is 13.3. The molecule has 2 rings (SSSR count). The van der Waals surface area contributed by atoms with Crippen molar-refractivity contribution in [3.63, 3.8) is 0 Å². The van der Waals surface area contributed by atoms with Gasteiger partial charge in [-0.1, -0.05) is 6.07 Å². The summed E-state index contributed by atoms with van der Waals surface area (Å²) in [5.41, 5.74) is 0.515. The number of carbonyl (C=O) groups excluding carboxylic acids is 1. The molecular formula is C10H11FN2O. The molecule has 0 bridgehead atoms. The van der Waals surface area contributed by atoms with Crippen molar-refractivity contribution < 1.29 is 9.18 Å². The van der Waals surface area contributed by atoms with Crippen molar-refractivity contribution in [2.24, 2.45) is 0 Å². The third-order valence-electron chi connectivity index (χ3n) is 2.64. The van der Waals surface area contributed by atoms with E-state index >= 15 is 0 Å². The van der Waals surface area contributed by atoms with Gasteiger partial charge in [0.2, 0.25) is 11.9 Å². The maximum Gasteiger partial charge on any atom is 0.222 e. The zero-order valence-electron chi connectivity index (χ0n) is 7.90. The van der Waals surface area contributed by atoms with Crippen molar-refractivity contribution in [3.05, 3.63) is 29.8 Å². The predicted molar refractivity (Wildman–Crippen MR) is 48.9 cm³/mol. The summed E-state index contributed by atoms with van der Waals surface area (Å²) in [6, 6.07) is 3.23. The number of pyridine rings is 1. The Morgan fingerprint density at radius 2 is 2.43 bits per heavy atom. The van der Waals surface area contributed by atoms with Gasteiger partial charge in [-0.05, 0) is 12.5 Å². The number of halogens is 1. The van der Waals surface area contributed by atoms with E-state index in [2.05, 4.69) is 4.98 Å². The molecular weight excluding hydrogens is 183 g/mol. The van der Waals surface area contributed by atoms with E-state index in [1.54, 1.807) is 24.1 Å². The van der Waals surface area contributed by atoms with Gasteiger partial charge in [-0.25, -0.2) is 4.98 Å². The second-order valence-corrected chi connectivity index (χ2v) is 3.44. The van der Waals surface area contributed by atoms with Crippen molar-refractivity contribution in [2.75, 3.05) is 7.05 Å². The van der Waals surface area contributed by atoms with Crippen LogP contribution < -0.4 is 0 Å². The molecule has 0 aromatic carbocycles. The van der Waals surface area contributed by atoms with Crippen molar-refractivity contribution in [1.29, 1.82) is 0 Å². The molecule has 74 valence electrons. The van der Waals surface area contributed by atoms with Gasteiger partial charge < -0.3 is 4.90 Å². The molecule has 0 saturated carbocycles. The van der Waals surface area contributed by atoms with Crippen LogP contribution in [0.25, 0.3) is 0 Å². The molecule has 14 heavy (non-hydrogen) atoms. The van der Waals surface area contributed by atoms with Crippen molar-refractivity contribution in [1.82, 2.24) is 9.88 Å². The average molecular weight is 194 g/mol. The molecule has 0 aliphatic carbocycles. The summed E-state index contributed by atoms with van der Waals surface area (Å²) in [4.78, 5) is 16.4. The van der Waals surface area contributed by atoms with Gasteiger partial charge in [0, 0.05) is 25.2 Å². The second-order valence-electron chi connectivity index (χ2n) is 3.44. The minimum absolute atomic E-state index is 0.0678. The Labute approximate surface area is 81.6 Å². The largest absolute Gasteiger partial charge is 0.339 e. The van der Waals surface area contributed by atoms with Crippen LogP contribution in [0.2, 0.25) is 0 Å². The molecule has 1 fully saturated rings. The Hall–Kier alpha value is -1.45. The summed E-state index contributed by atoms with van der Waals surface area (Å²) in [6.45, 7) is 0. The Balaban J connectivity index is 2.32. The lowest BCUT2D eigenvalue weighted by atomic mass is 10.1. The van der Waals surface area contributed by atoms with Gasteiger partial charge in [0.15, 0.2) is 0 Å². The first kappa shape index (κ1) is 9.12. The fourth-order valence-electron chi connectivity index (χ4n) is 1.82. The lowest BCUT2D eigenvalue weighted by Crippen LogP contribution is -2.23. The molecule has 4 heteroatoms. The van der Waals surface area contributed by atoms with Crippen molar-refractivity contribution in [2.45, 2.75) is 18.9 Å². The zero-order valence-corrected chi connectivity index (χ0v) is 7.90. The Bertz CT molecular complexity index is 367. The number of aromatic nitrogens is 1. The number of amides is 1. The van der Waals surface area contributed by atoms with Crippen LogP contribution in [0.4, 0.5) is 4.39 Å². The van der Waals surface area contributed by atoms with Gasteiger partial charge in [-0.3, -0.25) is 4.79 Å². The van der Waals surface area contributed by atoms with Crippen LogP contribution in [0.1, 0.15) is 24.4 Å². The van der Waals surface area contributed by atoms with Gasteiger partial charge in [0.1, 0.15) is 0 Å². The quantitative estimate of drug-likeness (QED) is 0.635. The van der Waals surface area contributed by atoms with Gasteiger partial charge in [0.25, 0.3) is 0 Å². The SMILES string of the molecule is CN1C(=O)CC[C@H]1c1cccnc1F. The molecule has 0 radical (unpaired) electrons. The first-order chi connectivity index (χ1) is 6.70. The summed E-state index contributed by atoms with van der Waals surface area (Å²) in [7, 11) is 1.70. The zero-order chi connectivity index (χ0) is 10.1. The lowest BCUT2D eigenvalue weighted by molar-refractivity contribution is -0.127. The molecule has 1 saturated heterocycles. The predicted octanol–water partition coefficient (Wildman–Crippen LogP) is 1.51. The molecule has 1 aliphatic rings. The van der Waals surface area contributed by atoms with Crippen LogP contribution in [0.5, 0.6) is 0 Å². The fraction of sp³-hybridized carbons (Fsp3) is 0.400. The van der Waals surface area contributed by atoms with Crippen molar-refractivity contribution in [3.8, 4) is 0 Å². The van der Waals surface area contributed by atoms with Gasteiger partial charge in [-0.15, -0.1) is 0 Å². The minimum Gasteiger partial charge on any atom is -0.339 e. The third kappa shape index (κ3) is 1.36. The van der Waals surface area contributed by atoms with E-state index in [-0.39, 0.29) is 11.9 Å². The van der Waals surface area contributed by atoms with Gasteiger partial charge in [-0.2, -0.15) is 4.39 Å². The van der Waals surface area contributed by atoms with Crippen LogP contribution >= 0.6 is 0 Å². The molecule has 1 aromatic rings. The fourth-order valence-corrected chi connectivity index (χ4v) is 1.82. The van der Waals surface area contributed by atoms with Crippen LogP contribution in [-0.4, -0.2) is 22.8 Å². The van der Waals surface area contributed by atoms with E-state index in [1.807, 2.05) is 0 Å². The normalized spacial score (nSPS) is 21.7. The minimum atomic E-state index is -0.473. The summed E-state index contributed by atoms with van der Waals surface area (Å²) in [5, 5.41) is 0. The molecule has 0 N–H and O–H groups in total. The van der Waals surface area contributed by atoms with Crippen LogP contribution in [0.15, 0.2) is 18.3 Å². The molecule has 2 heterocycles. The first-order valence-electron chi connectivity index (χ1n) is 4.56. The third-order valence-corrected chi connectivity index (χ3v) is 2.64. The van der Waals surface area contributed by atoms with Gasteiger partial charge >= 0.3 is 0 Å². The van der Waals surface area contributed by atoms with Crippen LogP contribution in [-0.2, 0) is 4.79 Å². The number of carbonyl (C=O) groups is 1. The molecule has 1 aromatic heterocycles. The van der Waals surface area contributed by atoms with E-state index < -0.39 is 5.95 Å². The maximum atomic E-state index is 13.3. The highest BCUT2D eigenvalue weighted by Gasteiger charge is 2.30. The molecule has 1 atom stereocenters. The van der Waals surface area contributed by atoms with Gasteiger partial charge in [0.05, 0.1) is 6.04 Å². The number of likely N-dealkylation sites (tertiary alicyclic amines) is 1. The van der Waals surface area contributed by atoms with Crippen LogP contribution in [0, 0.1) is 5.95 Å². The van der Waals surface area contributed by atoms with E-state index in [4.69, 9.17) is 0 Å². The van der Waals surface area contributed by atoms with Crippen LogP contribution in [0.3, 0.4) is 0 Å². The highest BCUT2D eigenvalue weighted by atomic mass is 19.1. The Kier molecular flexibility index (Phi) is 2.19.